The molecule has 0 aromatic heterocycles. The van der Waals surface area contributed by atoms with Crippen LogP contribution in [0.4, 0.5) is 11.4 Å². The molecule has 6 nitrogen and oxygen atoms in total. The van der Waals surface area contributed by atoms with Crippen LogP contribution in [0, 0.1) is 0 Å². The molecule has 0 amide bonds. The van der Waals surface area contributed by atoms with Crippen molar-refractivity contribution in [3.63, 3.8) is 0 Å². The molecule has 2 aromatic rings. The molecule has 2 aliphatic heterocycles. The number of hydrogen-bond donors (Lipinski definition) is 2. The number of fused-ring (bicyclic) bond motifs is 2. The van der Waals surface area contributed by atoms with E-state index < -0.39 is 10.1 Å². The summed E-state index contributed by atoms with van der Waals surface area (Å²) in [5.41, 5.74) is 12.4. The maximum atomic E-state index is 12.1. The molecule has 0 spiro atoms. The highest BCUT2D eigenvalue weighted by Gasteiger charge is 2.47. The molecule has 232 valence electrons. The highest BCUT2D eigenvalue weighted by atomic mass is 32.2. The summed E-state index contributed by atoms with van der Waals surface area (Å²) < 4.78 is 36.4. The van der Waals surface area contributed by atoms with Crippen LogP contribution in [0.1, 0.15) is 90.7 Å². The van der Waals surface area contributed by atoms with Crippen molar-refractivity contribution >= 4 is 27.2 Å². The Balaban J connectivity index is 1.68. The predicted octanol–water partition coefficient (Wildman–Crippen LogP) is 7.81. The number of hydrogen-bond acceptors (Lipinski definition) is 4. The third-order valence-corrected chi connectivity index (χ3v) is 9.91. The number of nitrogens with two attached hydrogens (primary N) is 1. The van der Waals surface area contributed by atoms with Gasteiger partial charge >= 0.3 is 0 Å². The van der Waals surface area contributed by atoms with Crippen molar-refractivity contribution < 1.29 is 17.5 Å². The summed E-state index contributed by atoms with van der Waals surface area (Å²) >= 11 is 0. The minimum atomic E-state index is -4.31. The lowest BCUT2D eigenvalue weighted by atomic mass is 9.75. The summed E-state index contributed by atoms with van der Waals surface area (Å²) in [6, 6.07) is 13.7. The molecule has 4 rings (SSSR count). The summed E-state index contributed by atoms with van der Waals surface area (Å²) in [4.78, 5) is 2.40. The maximum absolute atomic E-state index is 12.1. The Kier molecular flexibility index (Phi) is 10.5. The normalized spacial score (nSPS) is 20.6. The number of allylic oxidation sites excluding steroid dienone is 6. The zero-order valence-electron chi connectivity index (χ0n) is 26.6. The van der Waals surface area contributed by atoms with Crippen LogP contribution in [0.5, 0.6) is 0 Å². The van der Waals surface area contributed by atoms with Crippen LogP contribution in [0.25, 0.3) is 0 Å². The zero-order valence-corrected chi connectivity index (χ0v) is 27.5. The van der Waals surface area contributed by atoms with Crippen LogP contribution in [0.2, 0.25) is 0 Å². The van der Waals surface area contributed by atoms with Crippen LogP contribution in [0.3, 0.4) is 0 Å². The summed E-state index contributed by atoms with van der Waals surface area (Å²) in [7, 11) is -4.31. The molecular formula is C36H50N3O3S+. The van der Waals surface area contributed by atoms with E-state index in [-0.39, 0.29) is 15.7 Å². The third-order valence-electron chi connectivity index (χ3n) is 9.06. The molecule has 2 aromatic carbocycles. The van der Waals surface area contributed by atoms with Gasteiger partial charge in [0.15, 0.2) is 5.71 Å². The van der Waals surface area contributed by atoms with Gasteiger partial charge in [0.2, 0.25) is 5.69 Å². The highest BCUT2D eigenvalue weighted by Crippen LogP contribution is 2.48. The van der Waals surface area contributed by atoms with Gasteiger partial charge in [0, 0.05) is 47.5 Å². The quantitative estimate of drug-likeness (QED) is 0.0994. The Morgan fingerprint density at radius 3 is 2.37 bits per heavy atom. The Labute approximate surface area is 259 Å². The second kappa shape index (κ2) is 13.7. The van der Waals surface area contributed by atoms with E-state index in [1.165, 1.54) is 23.0 Å². The Morgan fingerprint density at radius 2 is 1.67 bits per heavy atom. The molecule has 7 heteroatoms. The minimum Gasteiger partial charge on any atom is -0.344 e. The summed E-state index contributed by atoms with van der Waals surface area (Å²) in [6.45, 7) is 13.7. The first-order valence-corrected chi connectivity index (χ1v) is 17.3. The number of nitrogens with zero attached hydrogens (tertiary/aromatic N) is 2. The Morgan fingerprint density at radius 1 is 0.930 bits per heavy atom. The van der Waals surface area contributed by atoms with Gasteiger partial charge in [-0.2, -0.15) is 13.0 Å². The van der Waals surface area contributed by atoms with Gasteiger partial charge in [-0.05, 0) is 62.6 Å². The van der Waals surface area contributed by atoms with E-state index in [0.29, 0.717) is 6.54 Å². The first kappa shape index (κ1) is 32.9. The van der Waals surface area contributed by atoms with Crippen molar-refractivity contribution in [1.29, 1.82) is 0 Å². The SMILES string of the molecule is CCCN1\C(=C/C=C/C=C/C2=[N+](CCC)c3ccc(S(=O)(=O)O)cc3C2(C)CCCCCCN)C(C)(C)c2ccccc21. The van der Waals surface area contributed by atoms with Crippen LogP contribution < -0.4 is 10.6 Å². The molecule has 2 aliphatic rings. The number of anilines is 1. The van der Waals surface area contributed by atoms with Crippen molar-refractivity contribution in [2.45, 2.75) is 95.3 Å². The van der Waals surface area contributed by atoms with E-state index in [2.05, 4.69) is 98.7 Å². The van der Waals surface area contributed by atoms with Gasteiger partial charge in [0.1, 0.15) is 6.54 Å². The van der Waals surface area contributed by atoms with Crippen molar-refractivity contribution in [2.75, 3.05) is 24.5 Å². The number of unbranched alkanes of at least 4 members (excludes halogenated alkanes) is 3. The van der Waals surface area contributed by atoms with E-state index >= 15 is 0 Å². The van der Waals surface area contributed by atoms with Crippen LogP contribution in [-0.2, 0) is 20.9 Å². The molecule has 0 fully saturated rings. The van der Waals surface area contributed by atoms with Gasteiger partial charge in [-0.3, -0.25) is 4.55 Å². The molecule has 0 saturated heterocycles. The summed E-state index contributed by atoms with van der Waals surface area (Å²) in [5.74, 6) is 0. The van der Waals surface area contributed by atoms with Gasteiger partial charge in [-0.15, -0.1) is 0 Å². The Bertz CT molecular complexity index is 1530. The maximum Gasteiger partial charge on any atom is 0.294 e. The first-order chi connectivity index (χ1) is 20.5. The Hall–Kier alpha value is -3.00. The largest absolute Gasteiger partial charge is 0.344 e. The van der Waals surface area contributed by atoms with Crippen molar-refractivity contribution in [3.05, 3.63) is 89.7 Å². The predicted molar refractivity (Wildman–Crippen MR) is 179 cm³/mol. The second-order valence-corrected chi connectivity index (χ2v) is 14.0. The van der Waals surface area contributed by atoms with Gasteiger partial charge in [-0.25, -0.2) is 0 Å². The van der Waals surface area contributed by atoms with E-state index in [0.717, 1.165) is 75.0 Å². The van der Waals surface area contributed by atoms with E-state index in [1.54, 1.807) is 6.07 Å². The molecular weight excluding hydrogens is 554 g/mol. The zero-order chi connectivity index (χ0) is 31.3. The minimum absolute atomic E-state index is 0.0504. The molecule has 0 aliphatic carbocycles. The van der Waals surface area contributed by atoms with Gasteiger partial charge in [0.05, 0.1) is 10.3 Å². The smallest absolute Gasteiger partial charge is 0.294 e. The monoisotopic (exact) mass is 604 g/mol. The number of para-hydroxylation sites is 1. The van der Waals surface area contributed by atoms with Crippen LogP contribution in [0.15, 0.2) is 83.4 Å². The van der Waals surface area contributed by atoms with Crippen molar-refractivity contribution in [1.82, 2.24) is 0 Å². The van der Waals surface area contributed by atoms with Crippen molar-refractivity contribution in [3.8, 4) is 0 Å². The molecule has 43 heavy (non-hydrogen) atoms. The van der Waals surface area contributed by atoms with Gasteiger partial charge < -0.3 is 10.6 Å². The number of benzene rings is 2. The van der Waals surface area contributed by atoms with E-state index in [4.69, 9.17) is 5.73 Å². The molecule has 0 bridgehead atoms. The van der Waals surface area contributed by atoms with Crippen LogP contribution >= 0.6 is 0 Å². The van der Waals surface area contributed by atoms with Gasteiger partial charge in [0.25, 0.3) is 10.1 Å². The second-order valence-electron chi connectivity index (χ2n) is 12.6. The fraction of sp³-hybridized carbons (Fsp3) is 0.472. The lowest BCUT2D eigenvalue weighted by Gasteiger charge is -2.26. The fourth-order valence-electron chi connectivity index (χ4n) is 6.86. The third kappa shape index (κ3) is 6.74. The molecule has 0 saturated carbocycles. The highest BCUT2D eigenvalue weighted by molar-refractivity contribution is 7.85. The summed E-state index contributed by atoms with van der Waals surface area (Å²) in [6.07, 6.45) is 17.9. The molecule has 3 N–H and O–H groups in total. The molecule has 1 atom stereocenters. The molecule has 1 unspecified atom stereocenters. The fourth-order valence-corrected chi connectivity index (χ4v) is 7.37. The standard InChI is InChI=1S/C36H49N3O3S/c1-6-25-38-31-18-14-13-17-29(31)35(3,4)33(38)19-11-10-12-20-34-36(5,23-15-8-9-16-24-37)30-27-28(43(40,41)42)21-22-32(30)39(34)26-7-2/h10-14,17-22,27H,6-9,15-16,23-26,37H2,1-5H3/p+1. The first-order valence-electron chi connectivity index (χ1n) is 15.9. The van der Waals surface area contributed by atoms with E-state index in [1.807, 2.05) is 6.07 Å². The van der Waals surface area contributed by atoms with Crippen LogP contribution in [-0.4, -0.2) is 42.9 Å². The van der Waals surface area contributed by atoms with Gasteiger partial charge in [-0.1, -0.05) is 83.4 Å². The molecule has 0 radical (unpaired) electrons. The topological polar surface area (TPSA) is 86.6 Å². The average Bonchev–Trinajstić information content (AvgIpc) is 3.32. The average molecular weight is 605 g/mol. The lowest BCUT2D eigenvalue weighted by molar-refractivity contribution is -0.437. The molecule has 2 heterocycles. The lowest BCUT2D eigenvalue weighted by Crippen LogP contribution is -2.31. The van der Waals surface area contributed by atoms with E-state index in [9.17, 15) is 13.0 Å². The number of rotatable bonds is 14. The summed E-state index contributed by atoms with van der Waals surface area (Å²) in [5, 5.41) is 0. The van der Waals surface area contributed by atoms with Crippen molar-refractivity contribution in [2.24, 2.45) is 5.73 Å².